The molecule has 0 amide bonds. The van der Waals surface area contributed by atoms with Crippen molar-refractivity contribution in [2.75, 3.05) is 19.6 Å². The predicted molar refractivity (Wildman–Crippen MR) is 94.8 cm³/mol. The van der Waals surface area contributed by atoms with Gasteiger partial charge in [0.15, 0.2) is 0 Å². The molecular weight excluding hydrogens is 335 g/mol. The van der Waals surface area contributed by atoms with Gasteiger partial charge >= 0.3 is 51.4 Å². The number of hydrogen-bond acceptors (Lipinski definition) is 3. The fourth-order valence-corrected chi connectivity index (χ4v) is 1.98. The molecule has 0 aromatic heterocycles. The average molecular weight is 370 g/mol. The maximum absolute atomic E-state index is 9.00. The zero-order valence-electron chi connectivity index (χ0n) is 17.1. The summed E-state index contributed by atoms with van der Waals surface area (Å²) in [6.07, 6.45) is 0. The van der Waals surface area contributed by atoms with E-state index in [4.69, 9.17) is 19.8 Å². The number of benzene rings is 1. The molecule has 0 atom stereocenters. The Hall–Kier alpha value is -0.284. The first-order chi connectivity index (χ1) is 10.2. The van der Waals surface area contributed by atoms with Crippen LogP contribution >= 0.6 is 0 Å². The Kier molecular flexibility index (Phi) is 25.0. The second kappa shape index (κ2) is 19.0. The molecule has 0 aliphatic carbocycles. The Morgan fingerprint density at radius 1 is 0.917 bits per heavy atom. The van der Waals surface area contributed by atoms with E-state index in [1.807, 2.05) is 0 Å². The van der Waals surface area contributed by atoms with Crippen LogP contribution in [0, 0.1) is 0 Å². The molecule has 0 aliphatic heterocycles. The third kappa shape index (κ3) is 19.8. The van der Waals surface area contributed by atoms with Gasteiger partial charge in [-0.1, -0.05) is 30.3 Å². The van der Waals surface area contributed by atoms with Gasteiger partial charge in [0, 0.05) is 19.4 Å². The first-order valence-electron chi connectivity index (χ1n) is 7.51. The van der Waals surface area contributed by atoms with Gasteiger partial charge in [0.25, 0.3) is 11.9 Å². The second-order valence-corrected chi connectivity index (χ2v) is 4.97. The maximum Gasteiger partial charge on any atom is 1.00 e. The van der Waals surface area contributed by atoms with E-state index >= 15 is 0 Å². The van der Waals surface area contributed by atoms with Crippen LogP contribution in [0.5, 0.6) is 0 Å². The first kappa shape index (κ1) is 31.5. The molecule has 0 saturated heterocycles. The van der Waals surface area contributed by atoms with Crippen LogP contribution in [0.2, 0.25) is 0 Å². The summed E-state index contributed by atoms with van der Waals surface area (Å²) >= 11 is 0. The number of carboxylic acids is 2. The van der Waals surface area contributed by atoms with Crippen LogP contribution in [-0.4, -0.2) is 46.3 Å². The molecule has 0 saturated carbocycles. The van der Waals surface area contributed by atoms with Crippen LogP contribution < -0.4 is 57.5 Å². The number of aliphatic carboxylic acids is 2. The smallest absolute Gasteiger partial charge is 1.00 e. The zero-order valence-corrected chi connectivity index (χ0v) is 19.2. The number of rotatable bonds is 5. The van der Waals surface area contributed by atoms with E-state index in [9.17, 15) is 0 Å². The number of carbonyl (C=O) groups is 2. The van der Waals surface area contributed by atoms with Crippen molar-refractivity contribution in [3.63, 3.8) is 0 Å². The minimum absolute atomic E-state index is 0. The maximum atomic E-state index is 9.00. The van der Waals surface area contributed by atoms with Gasteiger partial charge in [-0.05, 0) is 20.8 Å². The topological polar surface area (TPSA) is 110 Å². The van der Waals surface area contributed by atoms with Crippen molar-refractivity contribution in [3.8, 4) is 0 Å². The van der Waals surface area contributed by atoms with E-state index in [0.29, 0.717) is 0 Å². The van der Waals surface area contributed by atoms with E-state index in [1.165, 1.54) is 36.2 Å². The van der Waals surface area contributed by atoms with Crippen molar-refractivity contribution in [1.29, 1.82) is 0 Å². The average Bonchev–Trinajstić information content (AvgIpc) is 2.45. The summed E-state index contributed by atoms with van der Waals surface area (Å²) < 4.78 is 1.20. The zero-order chi connectivity index (χ0) is 17.6. The van der Waals surface area contributed by atoms with Gasteiger partial charge in [-0.3, -0.25) is 9.59 Å². The molecule has 0 heterocycles. The Balaban J connectivity index is -0.000000104. The fraction of sp³-hybridized carbons (Fsp3) is 0.529. The third-order valence-electron chi connectivity index (χ3n) is 3.37. The van der Waals surface area contributed by atoms with Gasteiger partial charge in [0.2, 0.25) is 0 Å². The van der Waals surface area contributed by atoms with Crippen LogP contribution in [0.25, 0.3) is 0 Å². The van der Waals surface area contributed by atoms with Gasteiger partial charge in [-0.25, -0.2) is 0 Å². The number of quaternary nitrogens is 1. The summed E-state index contributed by atoms with van der Waals surface area (Å²) in [5.74, 6) is -1.67. The number of nitrogens with zero attached hydrogens (tertiary/aromatic N) is 1. The summed E-state index contributed by atoms with van der Waals surface area (Å²) in [6, 6.07) is 10.8. The fourth-order valence-electron chi connectivity index (χ4n) is 1.98. The van der Waals surface area contributed by atoms with Crippen molar-refractivity contribution >= 4 is 11.9 Å². The minimum Gasteiger partial charge on any atom is -1.00 e. The Morgan fingerprint density at radius 3 is 1.46 bits per heavy atom. The van der Waals surface area contributed by atoms with Gasteiger partial charge < -0.3 is 22.3 Å². The standard InChI is InChI=1S/C13H22N.2C2H4O2.K.H3N.H/c1-4-14(5-2,6-3)12-13-10-8-7-9-11-13;2*1-2(3)4;;;/h7-11H,4-6,12H2,1-3H3;2*1H3,(H,3,4);;1H3;/q+1;;;+1;;-1. The van der Waals surface area contributed by atoms with Crippen LogP contribution in [0.4, 0.5) is 0 Å². The number of carboxylic acid groups (broad SMARTS) is 2. The van der Waals surface area contributed by atoms with Crippen LogP contribution in [0.15, 0.2) is 30.3 Å². The second-order valence-electron chi connectivity index (χ2n) is 4.97. The molecule has 7 heteroatoms. The van der Waals surface area contributed by atoms with Gasteiger partial charge in [0.1, 0.15) is 6.54 Å². The SMILES string of the molecule is CC(=O)O.CC(=O)O.CC[N+](CC)(CC)Cc1ccccc1.N.[H-].[K+]. The molecule has 1 rings (SSSR count). The van der Waals surface area contributed by atoms with E-state index in [-0.39, 0.29) is 59.0 Å². The Morgan fingerprint density at radius 2 is 1.21 bits per heavy atom. The normalized spacial score (nSPS) is 8.88. The monoisotopic (exact) mass is 369 g/mol. The van der Waals surface area contributed by atoms with E-state index in [1.54, 1.807) is 0 Å². The van der Waals surface area contributed by atoms with Crippen LogP contribution in [0.3, 0.4) is 0 Å². The molecule has 0 unspecified atom stereocenters. The molecule has 0 fully saturated rings. The third-order valence-corrected chi connectivity index (χ3v) is 3.37. The Bertz CT molecular complexity index is 402. The number of hydrogen-bond donors (Lipinski definition) is 3. The summed E-state index contributed by atoms with van der Waals surface area (Å²) in [4.78, 5) is 18.0. The molecular formula is C17H34KN2O4+. The summed E-state index contributed by atoms with van der Waals surface area (Å²) in [5.41, 5.74) is 1.46. The van der Waals surface area contributed by atoms with E-state index < -0.39 is 11.9 Å². The Labute approximate surface area is 190 Å². The molecule has 1 aromatic rings. The molecule has 24 heavy (non-hydrogen) atoms. The first-order valence-corrected chi connectivity index (χ1v) is 7.51. The molecule has 5 N–H and O–H groups in total. The molecule has 136 valence electrons. The van der Waals surface area contributed by atoms with Crippen molar-refractivity contribution < 1.29 is 77.1 Å². The van der Waals surface area contributed by atoms with Crippen LogP contribution in [-0.2, 0) is 16.1 Å². The molecule has 1 aromatic carbocycles. The van der Waals surface area contributed by atoms with Crippen molar-refractivity contribution in [1.82, 2.24) is 6.15 Å². The van der Waals surface area contributed by atoms with Gasteiger partial charge in [-0.2, -0.15) is 0 Å². The molecule has 0 bridgehead atoms. The minimum atomic E-state index is -0.833. The summed E-state index contributed by atoms with van der Waals surface area (Å²) in [7, 11) is 0. The molecule has 0 radical (unpaired) electrons. The van der Waals surface area contributed by atoms with E-state index in [2.05, 4.69) is 51.1 Å². The van der Waals surface area contributed by atoms with Crippen LogP contribution in [0.1, 0.15) is 41.6 Å². The van der Waals surface area contributed by atoms with Crippen molar-refractivity contribution in [2.45, 2.75) is 41.2 Å². The largest absolute Gasteiger partial charge is 1.00 e. The van der Waals surface area contributed by atoms with E-state index in [0.717, 1.165) is 13.8 Å². The molecule has 6 nitrogen and oxygen atoms in total. The molecule has 0 aliphatic rings. The molecule has 0 spiro atoms. The van der Waals surface area contributed by atoms with Gasteiger partial charge in [0.05, 0.1) is 19.6 Å². The predicted octanol–water partition coefficient (Wildman–Crippen LogP) is 0.523. The van der Waals surface area contributed by atoms with Crippen molar-refractivity contribution in [3.05, 3.63) is 35.9 Å². The van der Waals surface area contributed by atoms with Gasteiger partial charge in [-0.15, -0.1) is 0 Å². The quantitative estimate of drug-likeness (QED) is 0.518. The summed E-state index contributed by atoms with van der Waals surface area (Å²) in [6.45, 7) is 13.9. The summed E-state index contributed by atoms with van der Waals surface area (Å²) in [5, 5.41) is 14.8. The van der Waals surface area contributed by atoms with Crippen molar-refractivity contribution in [2.24, 2.45) is 0 Å².